The fourth-order valence-corrected chi connectivity index (χ4v) is 3.36. The first-order valence-corrected chi connectivity index (χ1v) is 8.95. The van der Waals surface area contributed by atoms with Gasteiger partial charge in [-0.2, -0.15) is 0 Å². The van der Waals surface area contributed by atoms with Gasteiger partial charge >= 0.3 is 12.0 Å². The molecular weight excluding hydrogens is 336 g/mol. The number of imide groups is 1. The Kier molecular flexibility index (Phi) is 6.54. The van der Waals surface area contributed by atoms with Crippen molar-refractivity contribution in [3.8, 4) is 0 Å². The lowest BCUT2D eigenvalue weighted by Gasteiger charge is -2.43. The summed E-state index contributed by atoms with van der Waals surface area (Å²) in [5, 5.41) is 12.3. The standard InChI is InChI=1S/C18H26N4O4/c1-3-5-12(6-4-2)21-18(26)22-15(17(24)25)13(16(22)23)9-11-7-8-20-14(19)10-11/h7-8,10,12-13,15H,3-6,9H2,1-2H3,(H2,19,20)(H,21,26)(H,24,25)/t13-,15?/m1/s1. The molecule has 1 saturated heterocycles. The number of nitrogens with two attached hydrogens (primary N) is 1. The van der Waals surface area contributed by atoms with E-state index in [1.165, 1.54) is 6.20 Å². The van der Waals surface area contributed by atoms with Gasteiger partial charge in [0.25, 0.3) is 0 Å². The number of aliphatic carboxylic acids is 1. The highest BCUT2D eigenvalue weighted by Gasteiger charge is 2.54. The third kappa shape index (κ3) is 4.30. The molecule has 1 aliphatic rings. The maximum Gasteiger partial charge on any atom is 0.327 e. The Balaban J connectivity index is 2.09. The number of urea groups is 1. The summed E-state index contributed by atoms with van der Waals surface area (Å²) in [5.41, 5.74) is 6.34. The minimum absolute atomic E-state index is 0.0567. The van der Waals surface area contributed by atoms with E-state index in [2.05, 4.69) is 10.3 Å². The minimum Gasteiger partial charge on any atom is -0.480 e. The SMILES string of the molecule is CCCC(CCC)NC(=O)N1C(=O)[C@H](Cc2ccnc(N)c2)C1C(=O)O. The Bertz CT molecular complexity index is 673. The van der Waals surface area contributed by atoms with Crippen molar-refractivity contribution in [1.82, 2.24) is 15.2 Å². The van der Waals surface area contributed by atoms with Crippen LogP contribution in [0.5, 0.6) is 0 Å². The number of nitrogens with one attached hydrogen (secondary N) is 1. The Hall–Kier alpha value is -2.64. The quantitative estimate of drug-likeness (QED) is 0.605. The number of amides is 3. The van der Waals surface area contributed by atoms with E-state index in [-0.39, 0.29) is 12.5 Å². The van der Waals surface area contributed by atoms with E-state index in [0.29, 0.717) is 5.82 Å². The highest BCUT2D eigenvalue weighted by atomic mass is 16.4. The van der Waals surface area contributed by atoms with Crippen molar-refractivity contribution in [1.29, 1.82) is 0 Å². The summed E-state index contributed by atoms with van der Waals surface area (Å²) in [4.78, 5) is 41.3. The maximum absolute atomic E-state index is 12.5. The normalized spacial score (nSPS) is 19.3. The fourth-order valence-electron chi connectivity index (χ4n) is 3.36. The molecular formula is C18H26N4O4. The van der Waals surface area contributed by atoms with Crippen LogP contribution < -0.4 is 11.1 Å². The first-order chi connectivity index (χ1) is 12.4. The number of aromatic nitrogens is 1. The molecule has 8 nitrogen and oxygen atoms in total. The van der Waals surface area contributed by atoms with E-state index in [1.54, 1.807) is 12.1 Å². The predicted molar refractivity (Wildman–Crippen MR) is 96.2 cm³/mol. The average molecular weight is 362 g/mol. The first kappa shape index (κ1) is 19.7. The molecule has 26 heavy (non-hydrogen) atoms. The summed E-state index contributed by atoms with van der Waals surface area (Å²) in [6, 6.07) is 1.44. The monoisotopic (exact) mass is 362 g/mol. The molecule has 0 spiro atoms. The number of likely N-dealkylation sites (tertiary alicyclic amines) is 1. The van der Waals surface area contributed by atoms with Gasteiger partial charge in [-0.15, -0.1) is 0 Å². The third-order valence-corrected chi connectivity index (χ3v) is 4.59. The number of rotatable bonds is 8. The molecule has 2 rings (SSSR count). The Morgan fingerprint density at radius 2 is 2.00 bits per heavy atom. The number of anilines is 1. The van der Waals surface area contributed by atoms with Crippen molar-refractivity contribution in [3.05, 3.63) is 23.9 Å². The highest BCUT2D eigenvalue weighted by Crippen LogP contribution is 2.31. The summed E-state index contributed by atoms with van der Waals surface area (Å²) < 4.78 is 0. The third-order valence-electron chi connectivity index (χ3n) is 4.59. The number of pyridine rings is 1. The molecule has 0 aromatic carbocycles. The number of carboxylic acids is 1. The highest BCUT2D eigenvalue weighted by molar-refractivity contribution is 6.07. The lowest BCUT2D eigenvalue weighted by molar-refractivity contribution is -0.165. The summed E-state index contributed by atoms with van der Waals surface area (Å²) >= 11 is 0. The van der Waals surface area contributed by atoms with Crippen molar-refractivity contribution in [2.45, 2.75) is 58.0 Å². The number of carbonyl (C=O) groups excluding carboxylic acids is 2. The van der Waals surface area contributed by atoms with Gasteiger partial charge in [0.2, 0.25) is 5.91 Å². The number of β-lactam (4-membered cyclic amide) rings is 1. The number of carboxylic acid groups (broad SMARTS) is 1. The topological polar surface area (TPSA) is 126 Å². The second-order valence-corrected chi connectivity index (χ2v) is 6.61. The van der Waals surface area contributed by atoms with Crippen LogP contribution >= 0.6 is 0 Å². The Morgan fingerprint density at radius 3 is 2.54 bits per heavy atom. The number of carbonyl (C=O) groups is 3. The van der Waals surface area contributed by atoms with Crippen LogP contribution in [0.4, 0.5) is 10.6 Å². The molecule has 1 aliphatic heterocycles. The van der Waals surface area contributed by atoms with Gasteiger partial charge in [0.05, 0.1) is 5.92 Å². The number of nitrogens with zero attached hydrogens (tertiary/aromatic N) is 2. The van der Waals surface area contributed by atoms with Crippen molar-refractivity contribution in [2.75, 3.05) is 5.73 Å². The van der Waals surface area contributed by atoms with E-state index in [9.17, 15) is 19.5 Å². The van der Waals surface area contributed by atoms with Crippen LogP contribution in [-0.2, 0) is 16.0 Å². The van der Waals surface area contributed by atoms with Gasteiger partial charge in [-0.1, -0.05) is 26.7 Å². The zero-order valence-electron chi connectivity index (χ0n) is 15.1. The van der Waals surface area contributed by atoms with E-state index < -0.39 is 29.9 Å². The number of nitrogen functional groups attached to an aromatic ring is 1. The molecule has 0 aliphatic carbocycles. The van der Waals surface area contributed by atoms with E-state index in [4.69, 9.17) is 5.73 Å². The molecule has 1 aromatic heterocycles. The number of hydrogen-bond donors (Lipinski definition) is 3. The molecule has 1 unspecified atom stereocenters. The smallest absolute Gasteiger partial charge is 0.327 e. The van der Waals surface area contributed by atoms with Crippen molar-refractivity contribution >= 4 is 23.7 Å². The van der Waals surface area contributed by atoms with Crippen LogP contribution in [0.3, 0.4) is 0 Å². The van der Waals surface area contributed by atoms with E-state index in [0.717, 1.165) is 36.1 Å². The first-order valence-electron chi connectivity index (χ1n) is 8.95. The maximum atomic E-state index is 12.5. The van der Waals surface area contributed by atoms with Crippen LogP contribution in [0, 0.1) is 5.92 Å². The molecule has 8 heteroatoms. The van der Waals surface area contributed by atoms with Crippen LogP contribution in [0.2, 0.25) is 0 Å². The van der Waals surface area contributed by atoms with Crippen molar-refractivity contribution < 1.29 is 19.5 Å². The Morgan fingerprint density at radius 1 is 1.35 bits per heavy atom. The van der Waals surface area contributed by atoms with E-state index >= 15 is 0 Å². The molecule has 1 fully saturated rings. The largest absolute Gasteiger partial charge is 0.480 e. The molecule has 0 radical (unpaired) electrons. The van der Waals surface area contributed by atoms with Crippen LogP contribution in [0.15, 0.2) is 18.3 Å². The van der Waals surface area contributed by atoms with Gasteiger partial charge < -0.3 is 16.2 Å². The molecule has 2 atom stereocenters. The second-order valence-electron chi connectivity index (χ2n) is 6.61. The zero-order chi connectivity index (χ0) is 19.3. The van der Waals surface area contributed by atoms with Gasteiger partial charge in [0, 0.05) is 12.2 Å². The second kappa shape index (κ2) is 8.64. The zero-order valence-corrected chi connectivity index (χ0v) is 15.1. The number of hydrogen-bond acceptors (Lipinski definition) is 5. The van der Waals surface area contributed by atoms with Gasteiger partial charge in [-0.25, -0.2) is 19.5 Å². The fraction of sp³-hybridized carbons (Fsp3) is 0.556. The molecule has 4 N–H and O–H groups in total. The van der Waals surface area contributed by atoms with Crippen molar-refractivity contribution in [2.24, 2.45) is 5.92 Å². The van der Waals surface area contributed by atoms with Crippen molar-refractivity contribution in [3.63, 3.8) is 0 Å². The summed E-state index contributed by atoms with van der Waals surface area (Å²) in [7, 11) is 0. The van der Waals surface area contributed by atoms with Gasteiger partial charge in [-0.3, -0.25) is 4.79 Å². The van der Waals surface area contributed by atoms with Gasteiger partial charge in [0.1, 0.15) is 5.82 Å². The predicted octanol–water partition coefficient (Wildman–Crippen LogP) is 1.80. The summed E-state index contributed by atoms with van der Waals surface area (Å²) in [5.74, 6) is -2.14. The van der Waals surface area contributed by atoms with Crippen LogP contribution in [0.1, 0.15) is 45.1 Å². The lowest BCUT2D eigenvalue weighted by atomic mass is 9.82. The van der Waals surface area contributed by atoms with Crippen LogP contribution in [-0.4, -0.2) is 45.0 Å². The lowest BCUT2D eigenvalue weighted by Crippen LogP contribution is -2.69. The molecule has 142 valence electrons. The minimum atomic E-state index is -1.19. The molecule has 1 aromatic rings. The van der Waals surface area contributed by atoms with E-state index in [1.807, 2.05) is 13.8 Å². The van der Waals surface area contributed by atoms with Crippen LogP contribution in [0.25, 0.3) is 0 Å². The summed E-state index contributed by atoms with van der Waals surface area (Å²) in [6.45, 7) is 4.03. The molecule has 2 heterocycles. The Labute approximate surface area is 152 Å². The average Bonchev–Trinajstić information content (AvgIpc) is 2.57. The summed E-state index contributed by atoms with van der Waals surface area (Å²) in [6.07, 6.45) is 5.09. The van der Waals surface area contributed by atoms with Gasteiger partial charge in [-0.05, 0) is 37.0 Å². The van der Waals surface area contributed by atoms with Gasteiger partial charge in [0.15, 0.2) is 6.04 Å². The molecule has 0 saturated carbocycles. The molecule has 3 amide bonds. The molecule has 0 bridgehead atoms.